The molecule has 1 unspecified atom stereocenters. The van der Waals surface area contributed by atoms with E-state index in [1.165, 1.54) is 11.1 Å². The number of carbonyl (C=O) groups excluding carboxylic acids is 1. The summed E-state index contributed by atoms with van der Waals surface area (Å²) in [5, 5.41) is 0. The first-order chi connectivity index (χ1) is 9.99. The van der Waals surface area contributed by atoms with Crippen molar-refractivity contribution in [1.29, 1.82) is 0 Å². The van der Waals surface area contributed by atoms with Crippen LogP contribution in [-0.4, -0.2) is 48.1 Å². The minimum atomic E-state index is -1.37. The lowest BCUT2D eigenvalue weighted by atomic mass is 10.1. The van der Waals surface area contributed by atoms with Crippen LogP contribution < -0.4 is 0 Å². The van der Waals surface area contributed by atoms with Gasteiger partial charge >= 0.3 is 0 Å². The fourth-order valence-corrected chi connectivity index (χ4v) is 2.61. The van der Waals surface area contributed by atoms with Crippen LogP contribution in [0.25, 0.3) is 0 Å². The maximum Gasteiger partial charge on any atom is 0.257 e. The number of piperazine rings is 1. The second-order valence-corrected chi connectivity index (χ2v) is 6.17. The zero-order chi connectivity index (χ0) is 15.4. The summed E-state index contributed by atoms with van der Waals surface area (Å²) in [4.78, 5) is 16.0. The molecule has 1 aromatic carbocycles. The van der Waals surface area contributed by atoms with E-state index in [0.29, 0.717) is 13.1 Å². The van der Waals surface area contributed by atoms with E-state index in [2.05, 4.69) is 30.0 Å². The molecule has 0 radical (unpaired) electrons. The van der Waals surface area contributed by atoms with Crippen LogP contribution in [0.2, 0.25) is 0 Å². The summed E-state index contributed by atoms with van der Waals surface area (Å²) in [6.45, 7) is 9.38. The number of benzene rings is 1. The van der Waals surface area contributed by atoms with Crippen LogP contribution in [0.5, 0.6) is 0 Å². The molecule has 1 aliphatic rings. The molecule has 0 saturated carbocycles. The first-order valence-electron chi connectivity index (χ1n) is 7.68. The number of alkyl halides is 1. The predicted molar refractivity (Wildman–Crippen MR) is 82.8 cm³/mol. The van der Waals surface area contributed by atoms with Crippen LogP contribution in [0.4, 0.5) is 4.39 Å². The van der Waals surface area contributed by atoms with E-state index in [0.717, 1.165) is 19.6 Å². The molecule has 1 atom stereocenters. The Bertz CT molecular complexity index is 481. The highest BCUT2D eigenvalue weighted by Crippen LogP contribution is 2.15. The fourth-order valence-electron chi connectivity index (χ4n) is 2.61. The Balaban J connectivity index is 1.86. The molecular weight excluding hydrogens is 267 g/mol. The van der Waals surface area contributed by atoms with Gasteiger partial charge in [0.25, 0.3) is 5.91 Å². The lowest BCUT2D eigenvalue weighted by Gasteiger charge is -2.36. The van der Waals surface area contributed by atoms with Crippen LogP contribution in [0.3, 0.4) is 0 Å². The van der Waals surface area contributed by atoms with Crippen LogP contribution >= 0.6 is 0 Å². The number of hydrogen-bond acceptors (Lipinski definition) is 2. The Morgan fingerprint density at radius 2 is 1.81 bits per heavy atom. The first-order valence-corrected chi connectivity index (χ1v) is 7.68. The van der Waals surface area contributed by atoms with Crippen LogP contribution in [0.15, 0.2) is 24.3 Å². The summed E-state index contributed by atoms with van der Waals surface area (Å²) in [5.41, 5.74) is 2.61. The Kier molecular flexibility index (Phi) is 5.34. The van der Waals surface area contributed by atoms with Crippen LogP contribution in [0.1, 0.15) is 25.0 Å². The Morgan fingerprint density at radius 3 is 2.38 bits per heavy atom. The number of aryl methyl sites for hydroxylation is 1. The minimum absolute atomic E-state index is 0.248. The highest BCUT2D eigenvalue weighted by molar-refractivity contribution is 5.81. The summed E-state index contributed by atoms with van der Waals surface area (Å²) in [6, 6.07) is 8.36. The van der Waals surface area contributed by atoms with Gasteiger partial charge in [-0.2, -0.15) is 0 Å². The Hall–Kier alpha value is -1.42. The fraction of sp³-hybridized carbons (Fsp3) is 0.588. The molecule has 1 aromatic rings. The normalized spacial score (nSPS) is 18.0. The van der Waals surface area contributed by atoms with E-state index < -0.39 is 6.17 Å². The average molecular weight is 292 g/mol. The summed E-state index contributed by atoms with van der Waals surface area (Å²) in [6.07, 6.45) is -1.37. The van der Waals surface area contributed by atoms with Gasteiger partial charge in [0.1, 0.15) is 0 Å². The first kappa shape index (κ1) is 16.0. The van der Waals surface area contributed by atoms with Crippen molar-refractivity contribution in [3.63, 3.8) is 0 Å². The van der Waals surface area contributed by atoms with Crippen molar-refractivity contribution >= 4 is 5.91 Å². The smallest absolute Gasteiger partial charge is 0.257 e. The number of nitrogens with zero attached hydrogens (tertiary/aromatic N) is 2. The maximum absolute atomic E-state index is 13.8. The molecule has 21 heavy (non-hydrogen) atoms. The molecule has 0 bridgehead atoms. The van der Waals surface area contributed by atoms with Gasteiger partial charge in [0, 0.05) is 32.7 Å². The number of amides is 1. The highest BCUT2D eigenvalue weighted by Gasteiger charge is 2.29. The van der Waals surface area contributed by atoms with Crippen molar-refractivity contribution in [1.82, 2.24) is 9.80 Å². The third kappa shape index (κ3) is 4.03. The Morgan fingerprint density at radius 1 is 1.19 bits per heavy atom. The maximum atomic E-state index is 13.8. The molecule has 2 rings (SSSR count). The van der Waals surface area contributed by atoms with E-state index in [-0.39, 0.29) is 11.8 Å². The molecular formula is C17H25FN2O. The van der Waals surface area contributed by atoms with Gasteiger partial charge in [0.05, 0.1) is 0 Å². The van der Waals surface area contributed by atoms with Gasteiger partial charge < -0.3 is 4.90 Å². The van der Waals surface area contributed by atoms with Gasteiger partial charge in [0.15, 0.2) is 6.17 Å². The molecule has 0 aromatic heterocycles. The van der Waals surface area contributed by atoms with E-state index in [1.54, 1.807) is 18.7 Å². The molecule has 1 fully saturated rings. The monoisotopic (exact) mass is 292 g/mol. The zero-order valence-corrected chi connectivity index (χ0v) is 13.2. The van der Waals surface area contributed by atoms with E-state index in [1.807, 2.05) is 6.07 Å². The van der Waals surface area contributed by atoms with Gasteiger partial charge in [-0.25, -0.2) is 4.39 Å². The van der Waals surface area contributed by atoms with Gasteiger partial charge in [-0.3, -0.25) is 9.69 Å². The van der Waals surface area contributed by atoms with Crippen molar-refractivity contribution in [3.05, 3.63) is 35.4 Å². The van der Waals surface area contributed by atoms with Gasteiger partial charge in [-0.1, -0.05) is 38.1 Å². The lowest BCUT2D eigenvalue weighted by Crippen LogP contribution is -2.51. The largest absolute Gasteiger partial charge is 0.338 e. The van der Waals surface area contributed by atoms with Crippen LogP contribution in [0, 0.1) is 12.8 Å². The molecule has 1 amide bonds. The predicted octanol–water partition coefficient (Wildman–Crippen LogP) is 2.63. The molecule has 0 spiro atoms. The molecule has 1 saturated heterocycles. The molecule has 0 aliphatic carbocycles. The number of rotatable bonds is 4. The average Bonchev–Trinajstić information content (AvgIpc) is 2.49. The molecule has 4 heteroatoms. The summed E-state index contributed by atoms with van der Waals surface area (Å²) in [7, 11) is 0. The minimum Gasteiger partial charge on any atom is -0.338 e. The Labute approximate surface area is 126 Å². The van der Waals surface area contributed by atoms with Gasteiger partial charge in [-0.05, 0) is 24.0 Å². The highest BCUT2D eigenvalue weighted by atomic mass is 19.1. The summed E-state index contributed by atoms with van der Waals surface area (Å²) < 4.78 is 13.8. The van der Waals surface area contributed by atoms with Crippen molar-refractivity contribution in [2.75, 3.05) is 26.2 Å². The zero-order valence-electron chi connectivity index (χ0n) is 13.2. The third-order valence-corrected chi connectivity index (χ3v) is 4.16. The van der Waals surface area contributed by atoms with Crippen LogP contribution in [-0.2, 0) is 11.3 Å². The third-order valence-electron chi connectivity index (χ3n) is 4.16. The van der Waals surface area contributed by atoms with Gasteiger partial charge in [-0.15, -0.1) is 0 Å². The van der Waals surface area contributed by atoms with Gasteiger partial charge in [0.2, 0.25) is 0 Å². The van der Waals surface area contributed by atoms with E-state index in [4.69, 9.17) is 0 Å². The SMILES string of the molecule is Cc1ccccc1CN1CCN(C(=O)C(F)C(C)C)CC1. The van der Waals surface area contributed by atoms with Crippen molar-refractivity contribution < 1.29 is 9.18 Å². The standard InChI is InChI=1S/C17H25FN2O/c1-13(2)16(18)17(21)20-10-8-19(9-11-20)12-15-7-5-4-6-14(15)3/h4-7,13,16H,8-12H2,1-3H3. The number of carbonyl (C=O) groups is 1. The summed E-state index contributed by atoms with van der Waals surface area (Å²) >= 11 is 0. The second-order valence-electron chi connectivity index (χ2n) is 6.17. The molecule has 0 N–H and O–H groups in total. The quantitative estimate of drug-likeness (QED) is 0.852. The van der Waals surface area contributed by atoms with Crippen molar-refractivity contribution in [2.24, 2.45) is 5.92 Å². The second kappa shape index (κ2) is 7.03. The topological polar surface area (TPSA) is 23.6 Å². The van der Waals surface area contributed by atoms with E-state index in [9.17, 15) is 9.18 Å². The van der Waals surface area contributed by atoms with Crippen molar-refractivity contribution in [2.45, 2.75) is 33.5 Å². The molecule has 3 nitrogen and oxygen atoms in total. The molecule has 1 aliphatic heterocycles. The van der Waals surface area contributed by atoms with Crippen molar-refractivity contribution in [3.8, 4) is 0 Å². The molecule has 116 valence electrons. The molecule has 1 heterocycles. The summed E-state index contributed by atoms with van der Waals surface area (Å²) in [5.74, 6) is -0.594. The van der Waals surface area contributed by atoms with E-state index >= 15 is 0 Å². The lowest BCUT2D eigenvalue weighted by molar-refractivity contribution is -0.140. The number of halogens is 1. The number of hydrogen-bond donors (Lipinski definition) is 0.